The van der Waals surface area contributed by atoms with Crippen molar-refractivity contribution in [2.75, 3.05) is 18.6 Å². The molecule has 2 aliphatic rings. The molecule has 170 valence electrons. The van der Waals surface area contributed by atoms with Crippen LogP contribution in [0.5, 0.6) is 0 Å². The number of aliphatic hydroxyl groups is 4. The molecule has 0 radical (unpaired) electrons. The Morgan fingerprint density at radius 3 is 2.48 bits per heavy atom. The highest BCUT2D eigenvalue weighted by Gasteiger charge is 2.48. The molecular formula is C19H36N2O6S2. The van der Waals surface area contributed by atoms with Gasteiger partial charge in [0.05, 0.1) is 18.2 Å². The third-order valence-corrected chi connectivity index (χ3v) is 7.63. The Hall–Kier alpha value is -0.0700. The summed E-state index contributed by atoms with van der Waals surface area (Å²) in [7, 11) is 0. The van der Waals surface area contributed by atoms with E-state index in [2.05, 4.69) is 24.5 Å². The molecule has 2 fully saturated rings. The minimum absolute atomic E-state index is 0.264. The number of thioether (sulfide) groups is 2. The van der Waals surface area contributed by atoms with Crippen LogP contribution in [-0.4, -0.2) is 98.2 Å². The molecule has 10 heteroatoms. The van der Waals surface area contributed by atoms with Gasteiger partial charge in [-0.2, -0.15) is 11.8 Å². The fourth-order valence-corrected chi connectivity index (χ4v) is 5.77. The lowest BCUT2D eigenvalue weighted by Gasteiger charge is -2.44. The molecule has 0 aromatic carbocycles. The fraction of sp³-hybridized carbons (Fsp3) is 0.947. The van der Waals surface area contributed by atoms with Crippen LogP contribution < -0.4 is 10.6 Å². The summed E-state index contributed by atoms with van der Waals surface area (Å²) in [5, 5.41) is 47.1. The number of carbonyl (C=O) groups excluding carboxylic acids is 1. The van der Waals surface area contributed by atoms with Gasteiger partial charge in [-0.3, -0.25) is 4.79 Å². The normalized spacial score (nSPS) is 37.5. The van der Waals surface area contributed by atoms with Gasteiger partial charge in [0.15, 0.2) is 0 Å². The SMILES string of the molecule is CSC1OC(C(NC(=O)C2CC(SCCC(C)C)CN2)C(C)O)C(O)C(O)C1O. The summed E-state index contributed by atoms with van der Waals surface area (Å²) < 4.78 is 5.72. The Morgan fingerprint density at radius 1 is 1.21 bits per heavy atom. The number of carbonyl (C=O) groups is 1. The van der Waals surface area contributed by atoms with Crippen molar-refractivity contribution in [1.29, 1.82) is 0 Å². The van der Waals surface area contributed by atoms with Crippen LogP contribution in [0, 0.1) is 5.92 Å². The van der Waals surface area contributed by atoms with Crippen LogP contribution in [0.4, 0.5) is 0 Å². The van der Waals surface area contributed by atoms with Crippen LogP contribution in [0.15, 0.2) is 0 Å². The Kier molecular flexibility index (Phi) is 10.0. The first-order valence-corrected chi connectivity index (χ1v) is 12.5. The molecule has 0 aromatic rings. The van der Waals surface area contributed by atoms with E-state index in [0.717, 1.165) is 18.7 Å². The van der Waals surface area contributed by atoms with E-state index in [0.29, 0.717) is 17.6 Å². The zero-order valence-corrected chi connectivity index (χ0v) is 19.2. The molecular weight excluding hydrogens is 416 g/mol. The number of hydrogen-bond acceptors (Lipinski definition) is 9. The van der Waals surface area contributed by atoms with E-state index in [9.17, 15) is 25.2 Å². The fourth-order valence-electron chi connectivity index (χ4n) is 3.61. The minimum atomic E-state index is -1.43. The van der Waals surface area contributed by atoms with Gasteiger partial charge in [-0.25, -0.2) is 0 Å². The molecule has 0 saturated carbocycles. The summed E-state index contributed by atoms with van der Waals surface area (Å²) in [6.45, 7) is 6.64. The molecule has 0 spiro atoms. The number of hydrogen-bond donors (Lipinski definition) is 6. The third kappa shape index (κ3) is 6.70. The molecule has 29 heavy (non-hydrogen) atoms. The van der Waals surface area contributed by atoms with Crippen molar-refractivity contribution < 1.29 is 30.0 Å². The van der Waals surface area contributed by atoms with Crippen LogP contribution in [0.3, 0.4) is 0 Å². The van der Waals surface area contributed by atoms with Crippen LogP contribution >= 0.6 is 23.5 Å². The maximum atomic E-state index is 12.8. The van der Waals surface area contributed by atoms with E-state index in [4.69, 9.17) is 4.74 Å². The average Bonchev–Trinajstić information content (AvgIpc) is 3.13. The van der Waals surface area contributed by atoms with Gasteiger partial charge in [0, 0.05) is 11.8 Å². The molecule has 2 rings (SSSR count). The summed E-state index contributed by atoms with van der Waals surface area (Å²) >= 11 is 3.06. The minimum Gasteiger partial charge on any atom is -0.391 e. The first-order chi connectivity index (χ1) is 13.6. The van der Waals surface area contributed by atoms with Gasteiger partial charge in [-0.15, -0.1) is 11.8 Å². The summed E-state index contributed by atoms with van der Waals surface area (Å²) in [5.74, 6) is 1.45. The van der Waals surface area contributed by atoms with Crippen molar-refractivity contribution >= 4 is 29.4 Å². The van der Waals surface area contributed by atoms with Crippen molar-refractivity contribution in [2.45, 2.75) is 86.9 Å². The average molecular weight is 453 g/mol. The van der Waals surface area contributed by atoms with E-state index >= 15 is 0 Å². The molecule has 0 bridgehead atoms. The predicted molar refractivity (Wildman–Crippen MR) is 116 cm³/mol. The number of nitrogens with one attached hydrogen (secondary N) is 2. The van der Waals surface area contributed by atoms with E-state index in [-0.39, 0.29) is 11.9 Å². The second kappa shape index (κ2) is 11.5. The van der Waals surface area contributed by atoms with Gasteiger partial charge >= 0.3 is 0 Å². The quantitative estimate of drug-likeness (QED) is 0.275. The van der Waals surface area contributed by atoms with Crippen molar-refractivity contribution in [1.82, 2.24) is 10.6 Å². The van der Waals surface area contributed by atoms with Crippen molar-refractivity contribution in [2.24, 2.45) is 5.92 Å². The molecule has 2 aliphatic heterocycles. The van der Waals surface area contributed by atoms with Crippen LogP contribution in [0.1, 0.15) is 33.6 Å². The Morgan fingerprint density at radius 2 is 1.90 bits per heavy atom. The Labute approximate surface area is 181 Å². The third-order valence-electron chi connectivity index (χ3n) is 5.48. The van der Waals surface area contributed by atoms with Gasteiger partial charge in [-0.05, 0) is 37.7 Å². The van der Waals surface area contributed by atoms with Crippen molar-refractivity contribution in [3.8, 4) is 0 Å². The molecule has 0 aromatic heterocycles. The lowest BCUT2D eigenvalue weighted by atomic mass is 9.92. The maximum Gasteiger partial charge on any atom is 0.237 e. The molecule has 6 N–H and O–H groups in total. The van der Waals surface area contributed by atoms with E-state index in [1.807, 2.05) is 11.8 Å². The highest BCUT2D eigenvalue weighted by atomic mass is 32.2. The van der Waals surface area contributed by atoms with Gasteiger partial charge in [0.1, 0.15) is 29.9 Å². The smallest absolute Gasteiger partial charge is 0.237 e. The number of rotatable bonds is 9. The lowest BCUT2D eigenvalue weighted by Crippen LogP contribution is -2.65. The zero-order valence-electron chi connectivity index (χ0n) is 17.5. The largest absolute Gasteiger partial charge is 0.391 e. The molecule has 8 nitrogen and oxygen atoms in total. The second-order valence-corrected chi connectivity index (χ2v) is 10.7. The molecule has 9 unspecified atom stereocenters. The number of aliphatic hydroxyl groups excluding tert-OH is 4. The molecule has 1 amide bonds. The molecule has 9 atom stereocenters. The predicted octanol–water partition coefficient (Wildman–Crippen LogP) is -0.468. The van der Waals surface area contributed by atoms with Gasteiger partial charge in [-0.1, -0.05) is 13.8 Å². The first-order valence-electron chi connectivity index (χ1n) is 10.2. The van der Waals surface area contributed by atoms with Crippen LogP contribution in [0.2, 0.25) is 0 Å². The highest BCUT2D eigenvalue weighted by Crippen LogP contribution is 2.30. The topological polar surface area (TPSA) is 131 Å². The first kappa shape index (κ1) is 25.2. The highest BCUT2D eigenvalue weighted by molar-refractivity contribution is 8.00. The number of ether oxygens (including phenoxy) is 1. The Bertz CT molecular complexity index is 525. The van der Waals surface area contributed by atoms with Crippen LogP contribution in [-0.2, 0) is 9.53 Å². The Balaban J connectivity index is 1.95. The van der Waals surface area contributed by atoms with Gasteiger partial charge in [0.25, 0.3) is 0 Å². The standard InChI is InChI=1S/C19H36N2O6S2/c1-9(2)5-6-29-11-7-12(20-8-11)18(26)21-13(10(3)22)17-15(24)14(23)16(25)19(27-17)28-4/h9-17,19-20,22-25H,5-8H2,1-4H3,(H,21,26). The lowest BCUT2D eigenvalue weighted by molar-refractivity contribution is -0.211. The summed E-state index contributed by atoms with van der Waals surface area (Å²) in [4.78, 5) is 12.8. The van der Waals surface area contributed by atoms with E-state index in [1.54, 1.807) is 6.26 Å². The zero-order chi connectivity index (χ0) is 21.7. The molecule has 2 heterocycles. The van der Waals surface area contributed by atoms with Gasteiger partial charge < -0.3 is 35.8 Å². The summed E-state index contributed by atoms with van der Waals surface area (Å²) in [5.41, 5.74) is -0.761. The summed E-state index contributed by atoms with van der Waals surface area (Å²) in [6, 6.07) is -1.29. The van der Waals surface area contributed by atoms with Crippen molar-refractivity contribution in [3.63, 3.8) is 0 Å². The van der Waals surface area contributed by atoms with E-state index in [1.165, 1.54) is 18.7 Å². The molecule has 0 aliphatic carbocycles. The summed E-state index contributed by atoms with van der Waals surface area (Å²) in [6.07, 6.45) is -2.59. The van der Waals surface area contributed by atoms with E-state index < -0.39 is 42.0 Å². The number of amides is 1. The second-order valence-electron chi connectivity index (χ2n) is 8.32. The van der Waals surface area contributed by atoms with Crippen LogP contribution in [0.25, 0.3) is 0 Å². The van der Waals surface area contributed by atoms with Gasteiger partial charge in [0.2, 0.25) is 5.91 Å². The van der Waals surface area contributed by atoms with Crippen molar-refractivity contribution in [3.05, 3.63) is 0 Å². The molecule has 2 saturated heterocycles. The monoisotopic (exact) mass is 452 g/mol. The maximum absolute atomic E-state index is 12.8.